The Morgan fingerprint density at radius 1 is 0.967 bits per heavy atom. The molecule has 0 bridgehead atoms. The van der Waals surface area contributed by atoms with E-state index in [1.807, 2.05) is 35.2 Å². The summed E-state index contributed by atoms with van der Waals surface area (Å²) in [6, 6.07) is 11.9. The smallest absolute Gasteiger partial charge is 0.362 e. The molecule has 4 rings (SSSR count). The number of aromatic nitrogens is 4. The van der Waals surface area contributed by atoms with Crippen molar-refractivity contribution >= 4 is 17.3 Å². The summed E-state index contributed by atoms with van der Waals surface area (Å²) >= 11 is 0. The highest BCUT2D eigenvalue weighted by Gasteiger charge is 2.34. The molecule has 2 heterocycles. The zero-order chi connectivity index (χ0) is 21.3. The van der Waals surface area contributed by atoms with Crippen molar-refractivity contribution in [3.63, 3.8) is 0 Å². The zero-order valence-corrected chi connectivity index (χ0v) is 15.5. The summed E-state index contributed by atoms with van der Waals surface area (Å²) in [4.78, 5) is 14.2. The lowest BCUT2D eigenvalue weighted by molar-refractivity contribution is -0.384. The molecule has 156 valence electrons. The topological polar surface area (TPSA) is 93.2 Å². The number of piperazine rings is 1. The average molecular weight is 419 g/mol. The number of anilines is 2. The van der Waals surface area contributed by atoms with E-state index < -0.39 is 22.4 Å². The van der Waals surface area contributed by atoms with Crippen LogP contribution in [-0.4, -0.2) is 51.3 Å². The number of benzene rings is 2. The van der Waals surface area contributed by atoms with Gasteiger partial charge >= 0.3 is 6.18 Å². The van der Waals surface area contributed by atoms with Gasteiger partial charge in [-0.3, -0.25) is 10.1 Å². The van der Waals surface area contributed by atoms with Crippen LogP contribution in [0.3, 0.4) is 0 Å². The highest BCUT2D eigenvalue weighted by molar-refractivity contribution is 5.65. The molecule has 30 heavy (non-hydrogen) atoms. The van der Waals surface area contributed by atoms with Crippen molar-refractivity contribution < 1.29 is 18.1 Å². The number of nitrogens with zero attached hydrogens (tertiary/aromatic N) is 7. The normalized spacial score (nSPS) is 14.8. The van der Waals surface area contributed by atoms with E-state index in [0.29, 0.717) is 38.2 Å². The molecule has 0 N–H and O–H groups in total. The fourth-order valence-electron chi connectivity index (χ4n) is 3.38. The fourth-order valence-corrected chi connectivity index (χ4v) is 3.38. The quantitative estimate of drug-likeness (QED) is 0.474. The summed E-state index contributed by atoms with van der Waals surface area (Å²) in [5, 5.41) is 23.2. The number of hydrogen-bond donors (Lipinski definition) is 0. The fraction of sp³-hybridized carbons (Fsp3) is 0.278. The predicted molar refractivity (Wildman–Crippen MR) is 102 cm³/mol. The maximum atomic E-state index is 12.9. The monoisotopic (exact) mass is 419 g/mol. The molecule has 0 amide bonds. The second kappa shape index (κ2) is 7.61. The molecule has 1 aliphatic rings. The van der Waals surface area contributed by atoms with Crippen LogP contribution in [0.1, 0.15) is 5.56 Å². The number of nitro groups is 1. The molecule has 0 unspecified atom stereocenters. The van der Waals surface area contributed by atoms with Crippen molar-refractivity contribution in [2.45, 2.75) is 6.18 Å². The molecule has 9 nitrogen and oxygen atoms in total. The lowest BCUT2D eigenvalue weighted by atomic mass is 10.1. The lowest BCUT2D eigenvalue weighted by Crippen LogP contribution is -2.47. The molecule has 0 aliphatic carbocycles. The molecule has 0 atom stereocenters. The summed E-state index contributed by atoms with van der Waals surface area (Å²) in [6.45, 7) is 1.64. The van der Waals surface area contributed by atoms with Crippen LogP contribution < -0.4 is 9.80 Å². The average Bonchev–Trinajstić information content (AvgIpc) is 3.23. The summed E-state index contributed by atoms with van der Waals surface area (Å²) in [5.74, 6) is 0.530. The number of halogens is 3. The third-order valence-corrected chi connectivity index (χ3v) is 4.86. The first-order chi connectivity index (χ1) is 14.3. The molecule has 1 fully saturated rings. The minimum absolute atomic E-state index is 0.162. The zero-order valence-electron chi connectivity index (χ0n) is 15.5. The van der Waals surface area contributed by atoms with Gasteiger partial charge in [-0.1, -0.05) is 23.3 Å². The van der Waals surface area contributed by atoms with E-state index in [1.54, 1.807) is 9.58 Å². The molecule has 12 heteroatoms. The Bertz CT molecular complexity index is 1050. The summed E-state index contributed by atoms with van der Waals surface area (Å²) in [5.41, 5.74) is -0.653. The van der Waals surface area contributed by atoms with E-state index in [-0.39, 0.29) is 5.69 Å². The van der Waals surface area contributed by atoms with Gasteiger partial charge in [-0.15, -0.1) is 0 Å². The van der Waals surface area contributed by atoms with E-state index in [0.717, 1.165) is 17.8 Å². The van der Waals surface area contributed by atoms with Gasteiger partial charge in [-0.05, 0) is 34.7 Å². The second-order valence-electron chi connectivity index (χ2n) is 6.66. The maximum Gasteiger partial charge on any atom is 0.416 e. The molecular weight excluding hydrogens is 403 g/mol. The standard InChI is InChI=1S/C18H16F3N7O2/c19-18(20,21)13-6-7-15(16(12-13)28(29)30)25-8-10-26(11-9-25)17-22-23-24-27(17)14-4-2-1-3-5-14/h1-7,12H,8-11H2. The molecule has 3 aromatic rings. The predicted octanol–water partition coefficient (Wildman–Crippen LogP) is 2.92. The van der Waals surface area contributed by atoms with E-state index >= 15 is 0 Å². The number of rotatable bonds is 4. The molecule has 1 saturated heterocycles. The number of tetrazole rings is 1. The van der Waals surface area contributed by atoms with Gasteiger partial charge in [0.25, 0.3) is 5.69 Å². The Morgan fingerprint density at radius 2 is 1.63 bits per heavy atom. The van der Waals surface area contributed by atoms with Crippen LogP contribution in [0.4, 0.5) is 30.5 Å². The highest BCUT2D eigenvalue weighted by atomic mass is 19.4. The molecule has 0 saturated carbocycles. The number of para-hydroxylation sites is 1. The third kappa shape index (κ3) is 3.75. The van der Waals surface area contributed by atoms with E-state index in [9.17, 15) is 23.3 Å². The van der Waals surface area contributed by atoms with E-state index in [2.05, 4.69) is 15.5 Å². The Morgan fingerprint density at radius 3 is 2.27 bits per heavy atom. The maximum absolute atomic E-state index is 12.9. The number of alkyl halides is 3. The summed E-state index contributed by atoms with van der Waals surface area (Å²) in [7, 11) is 0. The van der Waals surface area contributed by atoms with E-state index in [4.69, 9.17) is 0 Å². The van der Waals surface area contributed by atoms with Crippen LogP contribution in [0.25, 0.3) is 5.69 Å². The highest BCUT2D eigenvalue weighted by Crippen LogP contribution is 2.37. The Kier molecular flexibility index (Phi) is 4.98. The minimum atomic E-state index is -4.64. The van der Waals surface area contributed by atoms with Crippen LogP contribution in [0.5, 0.6) is 0 Å². The molecule has 1 aliphatic heterocycles. The minimum Gasteiger partial charge on any atom is -0.362 e. The largest absolute Gasteiger partial charge is 0.416 e. The SMILES string of the molecule is O=[N+]([O-])c1cc(C(F)(F)F)ccc1N1CCN(c2nnnn2-c2ccccc2)CC1. The van der Waals surface area contributed by atoms with Gasteiger partial charge in [0.2, 0.25) is 5.95 Å². The van der Waals surface area contributed by atoms with Crippen molar-refractivity contribution in [3.8, 4) is 5.69 Å². The van der Waals surface area contributed by atoms with Gasteiger partial charge in [0.15, 0.2) is 0 Å². The van der Waals surface area contributed by atoms with Gasteiger partial charge < -0.3 is 9.80 Å². The van der Waals surface area contributed by atoms with Gasteiger partial charge in [-0.2, -0.15) is 17.9 Å². The summed E-state index contributed by atoms with van der Waals surface area (Å²) < 4.78 is 40.4. The Balaban J connectivity index is 1.54. The number of nitro benzene ring substituents is 1. The first-order valence-electron chi connectivity index (χ1n) is 9.04. The third-order valence-electron chi connectivity index (χ3n) is 4.86. The first-order valence-corrected chi connectivity index (χ1v) is 9.04. The van der Waals surface area contributed by atoms with Gasteiger partial charge in [0.05, 0.1) is 16.2 Å². The van der Waals surface area contributed by atoms with Crippen molar-refractivity contribution in [1.29, 1.82) is 0 Å². The van der Waals surface area contributed by atoms with Crippen LogP contribution in [0.2, 0.25) is 0 Å². The van der Waals surface area contributed by atoms with Crippen LogP contribution >= 0.6 is 0 Å². The van der Waals surface area contributed by atoms with Crippen molar-refractivity contribution in [3.05, 3.63) is 64.2 Å². The van der Waals surface area contributed by atoms with Crippen molar-refractivity contribution in [1.82, 2.24) is 20.2 Å². The van der Waals surface area contributed by atoms with Crippen LogP contribution in [-0.2, 0) is 6.18 Å². The second-order valence-corrected chi connectivity index (χ2v) is 6.66. The van der Waals surface area contributed by atoms with Crippen molar-refractivity contribution in [2.75, 3.05) is 36.0 Å². The molecule has 1 aromatic heterocycles. The van der Waals surface area contributed by atoms with Gasteiger partial charge in [-0.25, -0.2) is 0 Å². The van der Waals surface area contributed by atoms with Crippen LogP contribution in [0, 0.1) is 10.1 Å². The van der Waals surface area contributed by atoms with Crippen molar-refractivity contribution in [2.24, 2.45) is 0 Å². The first kappa shape index (κ1) is 19.6. The van der Waals surface area contributed by atoms with E-state index in [1.165, 1.54) is 0 Å². The number of hydrogen-bond acceptors (Lipinski definition) is 7. The Hall–Kier alpha value is -3.70. The molecule has 0 radical (unpaired) electrons. The molecular formula is C18H16F3N7O2. The molecule has 2 aromatic carbocycles. The molecule has 0 spiro atoms. The Labute approximate surface area is 168 Å². The lowest BCUT2D eigenvalue weighted by Gasteiger charge is -2.35. The van der Waals surface area contributed by atoms with Gasteiger partial charge in [0.1, 0.15) is 5.69 Å². The summed E-state index contributed by atoms with van der Waals surface area (Å²) in [6.07, 6.45) is -4.64. The van der Waals surface area contributed by atoms with Gasteiger partial charge in [0, 0.05) is 32.2 Å². The van der Waals surface area contributed by atoms with Crippen LogP contribution in [0.15, 0.2) is 48.5 Å².